The molecule has 1 aromatic carbocycles. The number of carbonyl (C=O) groups excluding carboxylic acids is 3. The van der Waals surface area contributed by atoms with Gasteiger partial charge in [0, 0.05) is 0 Å². The number of alkyl carbamates (subject to hydrolysis) is 1. The first-order valence-corrected chi connectivity index (χ1v) is 9.76. The van der Waals surface area contributed by atoms with Gasteiger partial charge in [0.05, 0.1) is 12.1 Å². The first-order chi connectivity index (χ1) is 13.6. The average molecular weight is 408 g/mol. The van der Waals surface area contributed by atoms with Gasteiger partial charge >= 0.3 is 12.1 Å². The fourth-order valence-corrected chi connectivity index (χ4v) is 2.56. The summed E-state index contributed by atoms with van der Waals surface area (Å²) in [6.45, 7) is 8.73. The van der Waals surface area contributed by atoms with Crippen molar-refractivity contribution in [3.63, 3.8) is 0 Å². The van der Waals surface area contributed by atoms with E-state index in [1.807, 2.05) is 44.2 Å². The fourth-order valence-electron chi connectivity index (χ4n) is 2.56. The molecule has 0 saturated carbocycles. The van der Waals surface area contributed by atoms with Crippen molar-refractivity contribution in [3.8, 4) is 0 Å². The van der Waals surface area contributed by atoms with E-state index in [2.05, 4.69) is 10.6 Å². The highest BCUT2D eigenvalue weighted by atomic mass is 16.6. The second-order valence-electron chi connectivity index (χ2n) is 7.60. The molecule has 0 aliphatic heterocycles. The summed E-state index contributed by atoms with van der Waals surface area (Å²) in [5.41, 5.74) is 0.823. The standard InChI is InChI=1S/C21H32N2O6/c1-13(2)11-17(18(24)20(26)29-14(3)4)23-19(25)15(5)22-21(27)28-12-16-9-7-6-8-10-16/h6-10,13-15,17-18,24H,11-12H2,1-5H3,(H,22,27)(H,23,25)/t15-,17-,18?/m0/s1. The van der Waals surface area contributed by atoms with Crippen molar-refractivity contribution < 1.29 is 29.0 Å². The first kappa shape index (κ1) is 24.4. The summed E-state index contributed by atoms with van der Waals surface area (Å²) in [5.74, 6) is -1.22. The van der Waals surface area contributed by atoms with Crippen LogP contribution in [0.4, 0.5) is 4.79 Å². The molecular formula is C21H32N2O6. The molecule has 1 aromatic rings. The minimum absolute atomic E-state index is 0.0801. The topological polar surface area (TPSA) is 114 Å². The van der Waals surface area contributed by atoms with Crippen LogP contribution in [0.1, 0.15) is 46.6 Å². The Morgan fingerprint density at radius 2 is 1.62 bits per heavy atom. The van der Waals surface area contributed by atoms with Crippen molar-refractivity contribution in [2.24, 2.45) is 5.92 Å². The lowest BCUT2D eigenvalue weighted by molar-refractivity contribution is -0.159. The summed E-state index contributed by atoms with van der Waals surface area (Å²) in [7, 11) is 0. The van der Waals surface area contributed by atoms with Crippen LogP contribution in [0, 0.1) is 5.92 Å². The number of hydrogen-bond acceptors (Lipinski definition) is 6. The number of rotatable bonds is 10. The average Bonchev–Trinajstić information content (AvgIpc) is 2.65. The Kier molecular flexibility index (Phi) is 10.2. The van der Waals surface area contributed by atoms with Crippen LogP contribution in [0.15, 0.2) is 30.3 Å². The Hall–Kier alpha value is -2.61. The highest BCUT2D eigenvalue weighted by Crippen LogP contribution is 2.11. The van der Waals surface area contributed by atoms with Crippen LogP contribution >= 0.6 is 0 Å². The van der Waals surface area contributed by atoms with Crippen molar-refractivity contribution in [2.75, 3.05) is 0 Å². The SMILES string of the molecule is CC(C)C[C@H](NC(=O)[C@H](C)NC(=O)OCc1ccccc1)C(O)C(=O)OC(C)C. The van der Waals surface area contributed by atoms with E-state index in [0.717, 1.165) is 5.56 Å². The molecule has 3 atom stereocenters. The Labute approximate surface area is 172 Å². The van der Waals surface area contributed by atoms with Crippen molar-refractivity contribution in [2.45, 2.75) is 71.9 Å². The van der Waals surface area contributed by atoms with Gasteiger partial charge in [-0.2, -0.15) is 0 Å². The number of benzene rings is 1. The van der Waals surface area contributed by atoms with Gasteiger partial charge in [0.1, 0.15) is 12.6 Å². The highest BCUT2D eigenvalue weighted by molar-refractivity contribution is 5.86. The number of aliphatic hydroxyl groups is 1. The number of ether oxygens (including phenoxy) is 2. The maximum absolute atomic E-state index is 12.4. The predicted molar refractivity (Wildman–Crippen MR) is 108 cm³/mol. The summed E-state index contributed by atoms with van der Waals surface area (Å²) in [5, 5.41) is 15.4. The molecule has 162 valence electrons. The van der Waals surface area contributed by atoms with Gasteiger partial charge in [-0.15, -0.1) is 0 Å². The van der Waals surface area contributed by atoms with E-state index in [4.69, 9.17) is 9.47 Å². The number of esters is 1. The largest absolute Gasteiger partial charge is 0.461 e. The van der Waals surface area contributed by atoms with E-state index in [9.17, 15) is 19.5 Å². The fraction of sp³-hybridized carbons (Fsp3) is 0.571. The van der Waals surface area contributed by atoms with E-state index in [1.54, 1.807) is 13.8 Å². The van der Waals surface area contributed by atoms with Crippen LogP contribution in [-0.4, -0.2) is 47.4 Å². The lowest BCUT2D eigenvalue weighted by Gasteiger charge is -2.26. The molecule has 0 saturated heterocycles. The van der Waals surface area contributed by atoms with Gasteiger partial charge in [-0.25, -0.2) is 9.59 Å². The van der Waals surface area contributed by atoms with Crippen LogP contribution in [0.3, 0.4) is 0 Å². The van der Waals surface area contributed by atoms with Gasteiger partial charge in [-0.3, -0.25) is 4.79 Å². The van der Waals surface area contributed by atoms with Gasteiger partial charge in [0.15, 0.2) is 6.10 Å². The minimum Gasteiger partial charge on any atom is -0.461 e. The minimum atomic E-state index is -1.50. The molecule has 0 aromatic heterocycles. The number of hydrogen-bond donors (Lipinski definition) is 3. The molecule has 3 N–H and O–H groups in total. The first-order valence-electron chi connectivity index (χ1n) is 9.76. The lowest BCUT2D eigenvalue weighted by Crippen LogP contribution is -2.53. The third kappa shape index (κ3) is 9.43. The molecular weight excluding hydrogens is 376 g/mol. The summed E-state index contributed by atoms with van der Waals surface area (Å²) >= 11 is 0. The third-order valence-electron chi connectivity index (χ3n) is 3.97. The molecule has 0 radical (unpaired) electrons. The smallest absolute Gasteiger partial charge is 0.408 e. The van der Waals surface area contributed by atoms with E-state index in [-0.39, 0.29) is 18.6 Å². The Balaban J connectivity index is 2.60. The molecule has 0 spiro atoms. The van der Waals surface area contributed by atoms with E-state index in [0.29, 0.717) is 6.42 Å². The molecule has 8 nitrogen and oxygen atoms in total. The van der Waals surface area contributed by atoms with E-state index < -0.39 is 36.2 Å². The molecule has 0 aliphatic rings. The zero-order valence-electron chi connectivity index (χ0n) is 17.7. The van der Waals surface area contributed by atoms with Crippen LogP contribution < -0.4 is 10.6 Å². The second kappa shape index (κ2) is 12.1. The Morgan fingerprint density at radius 3 is 2.17 bits per heavy atom. The molecule has 0 bridgehead atoms. The maximum atomic E-state index is 12.4. The van der Waals surface area contributed by atoms with Gasteiger partial charge in [-0.1, -0.05) is 44.2 Å². The third-order valence-corrected chi connectivity index (χ3v) is 3.97. The molecule has 8 heteroatoms. The highest BCUT2D eigenvalue weighted by Gasteiger charge is 2.31. The van der Waals surface area contributed by atoms with E-state index in [1.165, 1.54) is 6.92 Å². The van der Waals surface area contributed by atoms with Gasteiger partial charge in [0.25, 0.3) is 0 Å². The summed E-state index contributed by atoms with van der Waals surface area (Å²) in [6.07, 6.45) is -2.25. The van der Waals surface area contributed by atoms with Crippen molar-refractivity contribution in [1.29, 1.82) is 0 Å². The van der Waals surface area contributed by atoms with Crippen molar-refractivity contribution in [1.82, 2.24) is 10.6 Å². The molecule has 1 unspecified atom stereocenters. The number of amides is 2. The molecule has 29 heavy (non-hydrogen) atoms. The van der Waals surface area contributed by atoms with Crippen molar-refractivity contribution in [3.05, 3.63) is 35.9 Å². The van der Waals surface area contributed by atoms with Gasteiger partial charge < -0.3 is 25.2 Å². The maximum Gasteiger partial charge on any atom is 0.408 e. The molecule has 2 amide bonds. The number of aliphatic hydroxyl groups excluding tert-OH is 1. The molecule has 1 rings (SSSR count). The summed E-state index contributed by atoms with van der Waals surface area (Å²) in [4.78, 5) is 36.4. The van der Waals surface area contributed by atoms with E-state index >= 15 is 0 Å². The summed E-state index contributed by atoms with van der Waals surface area (Å²) in [6, 6.07) is 7.40. The Morgan fingerprint density at radius 1 is 1.00 bits per heavy atom. The van der Waals surface area contributed by atoms with Crippen LogP contribution in [-0.2, 0) is 25.7 Å². The van der Waals surface area contributed by atoms with Gasteiger partial charge in [0.2, 0.25) is 5.91 Å². The normalized spacial score (nSPS) is 14.1. The van der Waals surface area contributed by atoms with Crippen LogP contribution in [0.2, 0.25) is 0 Å². The second-order valence-corrected chi connectivity index (χ2v) is 7.60. The summed E-state index contributed by atoms with van der Waals surface area (Å²) < 4.78 is 10.1. The molecule has 0 heterocycles. The molecule has 0 fully saturated rings. The van der Waals surface area contributed by atoms with Crippen molar-refractivity contribution >= 4 is 18.0 Å². The number of nitrogens with one attached hydrogen (secondary N) is 2. The lowest BCUT2D eigenvalue weighted by atomic mass is 9.98. The molecule has 0 aliphatic carbocycles. The quantitative estimate of drug-likeness (QED) is 0.511. The zero-order valence-corrected chi connectivity index (χ0v) is 17.7. The zero-order chi connectivity index (χ0) is 22.0. The Bertz CT molecular complexity index is 662. The number of carbonyl (C=O) groups is 3. The monoisotopic (exact) mass is 408 g/mol. The van der Waals surface area contributed by atoms with Crippen LogP contribution in [0.25, 0.3) is 0 Å². The van der Waals surface area contributed by atoms with Crippen LogP contribution in [0.5, 0.6) is 0 Å². The predicted octanol–water partition coefficient (Wildman–Crippen LogP) is 2.14. The van der Waals surface area contributed by atoms with Gasteiger partial charge in [-0.05, 0) is 38.7 Å².